The van der Waals surface area contributed by atoms with Crippen molar-refractivity contribution >= 4 is 34.2 Å². The van der Waals surface area contributed by atoms with Crippen LogP contribution in [0.3, 0.4) is 0 Å². The zero-order chi connectivity index (χ0) is 18.2. The largest absolute Gasteiger partial charge is 0.490 e. The van der Waals surface area contributed by atoms with Crippen molar-refractivity contribution in [1.29, 1.82) is 0 Å². The van der Waals surface area contributed by atoms with Crippen LogP contribution in [0, 0.1) is 10.1 Å². The van der Waals surface area contributed by atoms with Gasteiger partial charge in [0, 0.05) is 17.9 Å². The van der Waals surface area contributed by atoms with Crippen molar-refractivity contribution < 1.29 is 19.2 Å². The predicted octanol–water partition coefficient (Wildman–Crippen LogP) is 3.91. The summed E-state index contributed by atoms with van der Waals surface area (Å²) in [4.78, 5) is 26.4. The quantitative estimate of drug-likeness (QED) is 0.178. The van der Waals surface area contributed by atoms with Crippen LogP contribution in [0.1, 0.15) is 11.8 Å². The highest BCUT2D eigenvalue weighted by Gasteiger charge is 2.08. The van der Waals surface area contributed by atoms with Gasteiger partial charge in [-0.2, -0.15) is 0 Å². The highest BCUT2D eigenvalue weighted by Crippen LogP contribution is 2.23. The maximum Gasteiger partial charge on any atom is 0.333 e. The van der Waals surface area contributed by atoms with Crippen molar-refractivity contribution in [3.05, 3.63) is 63.5 Å². The highest BCUT2D eigenvalue weighted by molar-refractivity contribution is 7.16. The molecule has 25 heavy (non-hydrogen) atoms. The number of esters is 1. The first-order valence-electron chi connectivity index (χ1n) is 7.29. The van der Waals surface area contributed by atoms with Crippen LogP contribution in [-0.4, -0.2) is 30.3 Å². The van der Waals surface area contributed by atoms with Gasteiger partial charge in [-0.15, -0.1) is 0 Å². The van der Waals surface area contributed by atoms with Crippen LogP contribution in [0.2, 0.25) is 0 Å². The summed E-state index contributed by atoms with van der Waals surface area (Å²) in [5.74, 6) is 0.180. The fraction of sp³-hybridized carbons (Fsp3) is 0.176. The van der Waals surface area contributed by atoms with E-state index in [-0.39, 0.29) is 18.2 Å². The minimum Gasteiger partial charge on any atom is -0.490 e. The fourth-order valence-electron chi connectivity index (χ4n) is 1.69. The first-order chi connectivity index (χ1) is 12.0. The second-order valence-corrected chi connectivity index (χ2v) is 6.04. The maximum atomic E-state index is 11.2. The summed E-state index contributed by atoms with van der Waals surface area (Å²) in [7, 11) is 0. The molecule has 0 amide bonds. The third kappa shape index (κ3) is 5.85. The molecule has 0 saturated heterocycles. The van der Waals surface area contributed by atoms with E-state index in [4.69, 9.17) is 9.47 Å². The van der Waals surface area contributed by atoms with E-state index >= 15 is 0 Å². The Balaban J connectivity index is 1.82. The molecule has 0 N–H and O–H groups in total. The number of nitrogens with zero attached hydrogens (tertiary/aromatic N) is 2. The lowest BCUT2D eigenvalue weighted by Crippen LogP contribution is -2.12. The van der Waals surface area contributed by atoms with E-state index in [0.717, 1.165) is 11.3 Å². The fourth-order valence-corrected chi connectivity index (χ4v) is 2.39. The molecule has 2 rings (SSSR count). The molecule has 7 nitrogen and oxygen atoms in total. The van der Waals surface area contributed by atoms with E-state index in [0.29, 0.717) is 21.9 Å². The average molecular weight is 360 g/mol. The second kappa shape index (κ2) is 8.74. The van der Waals surface area contributed by atoms with E-state index in [2.05, 4.69) is 11.6 Å². The third-order valence-corrected chi connectivity index (χ3v) is 3.88. The lowest BCUT2D eigenvalue weighted by molar-refractivity contribution is -0.380. The summed E-state index contributed by atoms with van der Waals surface area (Å²) in [5, 5.41) is 10.7. The molecular formula is C17H16N2O5S. The number of ether oxygens (including phenoxy) is 2. The standard InChI is InChI=1S/C17H16N2O5S/c1-12(2)17(20)24-10-9-23-14-5-3-13(4-6-14)18-11-15-7-8-16(25-15)19(21)22/h3-8,11H,1,9-10H2,2H3. The average Bonchev–Trinajstić information content (AvgIpc) is 3.07. The van der Waals surface area contributed by atoms with Crippen molar-refractivity contribution in [2.75, 3.05) is 13.2 Å². The molecular weight excluding hydrogens is 344 g/mol. The molecule has 130 valence electrons. The molecule has 0 radical (unpaired) electrons. The lowest BCUT2D eigenvalue weighted by Gasteiger charge is -2.07. The zero-order valence-corrected chi connectivity index (χ0v) is 14.3. The van der Waals surface area contributed by atoms with Gasteiger partial charge in [-0.05, 0) is 37.3 Å². The van der Waals surface area contributed by atoms with Crippen molar-refractivity contribution in [3.63, 3.8) is 0 Å². The van der Waals surface area contributed by atoms with Gasteiger partial charge in [0.2, 0.25) is 0 Å². The number of aliphatic imine (C=N–C) groups is 1. The Labute approximate surface area is 148 Å². The number of thiophene rings is 1. The lowest BCUT2D eigenvalue weighted by atomic mass is 10.3. The van der Waals surface area contributed by atoms with E-state index in [1.165, 1.54) is 6.07 Å². The highest BCUT2D eigenvalue weighted by atomic mass is 32.1. The van der Waals surface area contributed by atoms with Crippen LogP contribution in [0.25, 0.3) is 0 Å². The Morgan fingerprint density at radius 2 is 2.00 bits per heavy atom. The summed E-state index contributed by atoms with van der Waals surface area (Å²) >= 11 is 1.06. The smallest absolute Gasteiger partial charge is 0.333 e. The summed E-state index contributed by atoms with van der Waals surface area (Å²) in [5.41, 5.74) is 1.04. The summed E-state index contributed by atoms with van der Waals surface area (Å²) in [6.07, 6.45) is 1.57. The van der Waals surface area contributed by atoms with Crippen molar-refractivity contribution in [3.8, 4) is 5.75 Å². The third-order valence-electron chi connectivity index (χ3n) is 2.90. The number of rotatable bonds is 8. The van der Waals surface area contributed by atoms with Gasteiger partial charge in [0.25, 0.3) is 0 Å². The van der Waals surface area contributed by atoms with Gasteiger partial charge in [-0.3, -0.25) is 15.1 Å². The predicted molar refractivity (Wildman–Crippen MR) is 95.9 cm³/mol. The molecule has 0 saturated carbocycles. The molecule has 1 heterocycles. The molecule has 1 aromatic carbocycles. The van der Waals surface area contributed by atoms with Crippen LogP contribution < -0.4 is 4.74 Å². The van der Waals surface area contributed by atoms with Gasteiger partial charge in [0.1, 0.15) is 19.0 Å². The monoisotopic (exact) mass is 360 g/mol. The van der Waals surface area contributed by atoms with Crippen molar-refractivity contribution in [2.24, 2.45) is 4.99 Å². The van der Waals surface area contributed by atoms with Crippen LogP contribution in [0.5, 0.6) is 5.75 Å². The van der Waals surface area contributed by atoms with Crippen LogP contribution >= 0.6 is 11.3 Å². The number of hydrogen-bond acceptors (Lipinski definition) is 7. The van der Waals surface area contributed by atoms with E-state index in [1.54, 1.807) is 43.5 Å². The summed E-state index contributed by atoms with van der Waals surface area (Å²) < 4.78 is 10.4. The van der Waals surface area contributed by atoms with Gasteiger partial charge in [-0.25, -0.2) is 4.79 Å². The molecule has 0 atom stereocenters. The van der Waals surface area contributed by atoms with Gasteiger partial charge in [0.05, 0.1) is 15.5 Å². The first-order valence-corrected chi connectivity index (χ1v) is 8.11. The minimum absolute atomic E-state index is 0.0811. The summed E-state index contributed by atoms with van der Waals surface area (Å²) in [6, 6.07) is 10.1. The molecule has 0 aliphatic carbocycles. The van der Waals surface area contributed by atoms with Gasteiger partial charge < -0.3 is 9.47 Å². The molecule has 0 aliphatic rings. The first kappa shape index (κ1) is 18.3. The van der Waals surface area contributed by atoms with Crippen LogP contribution in [0.4, 0.5) is 10.7 Å². The van der Waals surface area contributed by atoms with Gasteiger partial charge in [-0.1, -0.05) is 17.9 Å². The number of hydrogen-bond donors (Lipinski definition) is 0. The van der Waals surface area contributed by atoms with E-state index < -0.39 is 10.9 Å². The zero-order valence-electron chi connectivity index (χ0n) is 13.5. The Morgan fingerprint density at radius 3 is 2.60 bits per heavy atom. The molecule has 1 aromatic heterocycles. The summed E-state index contributed by atoms with van der Waals surface area (Å²) in [6.45, 7) is 5.45. The van der Waals surface area contributed by atoms with E-state index in [9.17, 15) is 14.9 Å². The number of carbonyl (C=O) groups is 1. The van der Waals surface area contributed by atoms with E-state index in [1.807, 2.05) is 0 Å². The topological polar surface area (TPSA) is 91.0 Å². The number of carbonyl (C=O) groups excluding carboxylic acids is 1. The number of benzene rings is 1. The van der Waals surface area contributed by atoms with Crippen molar-refractivity contribution in [2.45, 2.75) is 6.92 Å². The van der Waals surface area contributed by atoms with Gasteiger partial charge >= 0.3 is 11.0 Å². The molecule has 0 fully saturated rings. The number of nitro groups is 1. The van der Waals surface area contributed by atoms with Crippen LogP contribution in [-0.2, 0) is 9.53 Å². The van der Waals surface area contributed by atoms with Crippen molar-refractivity contribution in [1.82, 2.24) is 0 Å². The SMILES string of the molecule is C=C(C)C(=O)OCCOc1ccc(N=Cc2ccc([N+](=O)[O-])s2)cc1. The Morgan fingerprint density at radius 1 is 1.28 bits per heavy atom. The Bertz CT molecular complexity index is 796. The Hall–Kier alpha value is -3.00. The molecule has 8 heteroatoms. The molecule has 0 bridgehead atoms. The minimum atomic E-state index is -0.443. The molecule has 0 spiro atoms. The molecule has 0 unspecified atom stereocenters. The maximum absolute atomic E-state index is 11.2. The normalized spacial score (nSPS) is 10.6. The molecule has 2 aromatic rings. The second-order valence-electron chi connectivity index (χ2n) is 4.95. The Kier molecular flexibility index (Phi) is 6.41. The van der Waals surface area contributed by atoms with Gasteiger partial charge in [0.15, 0.2) is 0 Å². The molecule has 0 aliphatic heterocycles. The van der Waals surface area contributed by atoms with Crippen LogP contribution in [0.15, 0.2) is 53.5 Å².